The van der Waals surface area contributed by atoms with Crippen molar-refractivity contribution in [1.82, 2.24) is 14.8 Å². The van der Waals surface area contributed by atoms with Crippen molar-refractivity contribution >= 4 is 22.6 Å². The molecule has 0 saturated carbocycles. The molecule has 6 heteroatoms. The van der Waals surface area contributed by atoms with E-state index in [0.717, 1.165) is 70.8 Å². The lowest BCUT2D eigenvalue weighted by Gasteiger charge is -2.09. The molecule has 0 aliphatic carbocycles. The summed E-state index contributed by atoms with van der Waals surface area (Å²) in [7, 11) is 0. The second-order valence-electron chi connectivity index (χ2n) is 8.35. The van der Waals surface area contributed by atoms with Gasteiger partial charge in [-0.1, -0.05) is 30.7 Å². The monoisotopic (exact) mass is 414 g/mol. The molecule has 31 heavy (non-hydrogen) atoms. The first-order valence-corrected chi connectivity index (χ1v) is 10.9. The normalized spacial score (nSPS) is 13.7. The Morgan fingerprint density at radius 2 is 2.03 bits per heavy atom. The minimum atomic E-state index is -0.0712. The summed E-state index contributed by atoms with van der Waals surface area (Å²) in [5.74, 6) is 1.86. The van der Waals surface area contributed by atoms with Crippen LogP contribution in [0.1, 0.15) is 41.8 Å². The predicted octanol–water partition coefficient (Wildman–Crippen LogP) is 5.22. The molecule has 0 radical (unpaired) electrons. The summed E-state index contributed by atoms with van der Waals surface area (Å²) in [4.78, 5) is 12.8. The van der Waals surface area contributed by atoms with Crippen LogP contribution in [0.2, 0.25) is 0 Å². The first kappa shape index (κ1) is 19.5. The van der Waals surface area contributed by atoms with Crippen LogP contribution in [-0.2, 0) is 24.2 Å². The van der Waals surface area contributed by atoms with Gasteiger partial charge in [-0.05, 0) is 49.9 Å². The second kappa shape index (κ2) is 8.02. The van der Waals surface area contributed by atoms with Crippen molar-refractivity contribution < 1.29 is 9.21 Å². The molecule has 2 aromatic carbocycles. The Kier molecular flexibility index (Phi) is 5.06. The van der Waals surface area contributed by atoms with Crippen LogP contribution in [0.15, 0.2) is 47.1 Å². The highest BCUT2D eigenvalue weighted by molar-refractivity contribution is 5.96. The molecule has 2 aromatic heterocycles. The molecule has 6 nitrogen and oxygen atoms in total. The number of carbonyl (C=O) groups is 1. The third kappa shape index (κ3) is 3.74. The molecule has 0 saturated heterocycles. The smallest absolute Gasteiger partial charge is 0.228 e. The minimum Gasteiger partial charge on any atom is -0.464 e. The molecule has 3 heterocycles. The summed E-state index contributed by atoms with van der Waals surface area (Å²) in [6, 6.07) is 11.9. The number of aryl methyl sites for hydroxylation is 3. The summed E-state index contributed by atoms with van der Waals surface area (Å²) in [6.45, 7) is 5.05. The summed E-state index contributed by atoms with van der Waals surface area (Å²) < 4.78 is 7.96. The lowest BCUT2D eigenvalue weighted by molar-refractivity contribution is -0.115. The van der Waals surface area contributed by atoms with Crippen molar-refractivity contribution in [2.45, 2.75) is 52.5 Å². The average molecular weight is 415 g/mol. The van der Waals surface area contributed by atoms with E-state index in [1.165, 1.54) is 12.0 Å². The zero-order valence-corrected chi connectivity index (χ0v) is 17.9. The van der Waals surface area contributed by atoms with Gasteiger partial charge in [0.25, 0.3) is 0 Å². The molecule has 1 aliphatic heterocycles. The van der Waals surface area contributed by atoms with E-state index in [1.807, 2.05) is 37.3 Å². The molecular weight excluding hydrogens is 388 g/mol. The number of fused-ring (bicyclic) bond motifs is 2. The summed E-state index contributed by atoms with van der Waals surface area (Å²) >= 11 is 0. The first-order valence-electron chi connectivity index (χ1n) is 10.9. The topological polar surface area (TPSA) is 73.0 Å². The van der Waals surface area contributed by atoms with Crippen molar-refractivity contribution in [3.05, 3.63) is 65.2 Å². The molecule has 4 aromatic rings. The molecule has 158 valence electrons. The van der Waals surface area contributed by atoms with Gasteiger partial charge in [0.2, 0.25) is 5.91 Å². The molecule has 0 unspecified atom stereocenters. The van der Waals surface area contributed by atoms with Crippen LogP contribution >= 0.6 is 0 Å². The molecule has 1 amide bonds. The number of benzene rings is 2. The van der Waals surface area contributed by atoms with Gasteiger partial charge in [-0.15, -0.1) is 10.2 Å². The maximum Gasteiger partial charge on any atom is 0.228 e. The van der Waals surface area contributed by atoms with E-state index in [9.17, 15) is 4.79 Å². The minimum absolute atomic E-state index is 0.0712. The van der Waals surface area contributed by atoms with E-state index in [0.29, 0.717) is 0 Å². The SMILES string of the molecule is Cc1ccc2c(CC(=O)Nc3cccc(-c4nnc5n4CCCCC5)c3)coc2c1C. The molecular formula is C25H26N4O2. The predicted molar refractivity (Wildman–Crippen MR) is 121 cm³/mol. The zero-order chi connectivity index (χ0) is 21.4. The van der Waals surface area contributed by atoms with E-state index in [-0.39, 0.29) is 12.3 Å². The molecule has 1 N–H and O–H groups in total. The fourth-order valence-corrected chi connectivity index (χ4v) is 4.34. The highest BCUT2D eigenvalue weighted by Gasteiger charge is 2.17. The van der Waals surface area contributed by atoms with Crippen LogP contribution in [0.25, 0.3) is 22.4 Å². The van der Waals surface area contributed by atoms with Gasteiger partial charge < -0.3 is 14.3 Å². The lowest BCUT2D eigenvalue weighted by Crippen LogP contribution is -2.14. The Morgan fingerprint density at radius 1 is 1.13 bits per heavy atom. The van der Waals surface area contributed by atoms with Gasteiger partial charge in [-0.3, -0.25) is 4.79 Å². The van der Waals surface area contributed by atoms with E-state index >= 15 is 0 Å². The van der Waals surface area contributed by atoms with Crippen molar-refractivity contribution in [3.8, 4) is 11.4 Å². The zero-order valence-electron chi connectivity index (χ0n) is 17.9. The Labute approximate surface area is 181 Å². The van der Waals surface area contributed by atoms with Gasteiger partial charge in [0, 0.05) is 35.2 Å². The van der Waals surface area contributed by atoms with E-state index in [2.05, 4.69) is 33.1 Å². The fourth-order valence-electron chi connectivity index (χ4n) is 4.34. The Bertz CT molecular complexity index is 1270. The quantitative estimate of drug-likeness (QED) is 0.497. The third-order valence-corrected chi connectivity index (χ3v) is 6.21. The Hall–Kier alpha value is -3.41. The second-order valence-corrected chi connectivity index (χ2v) is 8.35. The van der Waals surface area contributed by atoms with Gasteiger partial charge in [-0.25, -0.2) is 0 Å². The first-order chi connectivity index (χ1) is 15.1. The van der Waals surface area contributed by atoms with E-state index in [1.54, 1.807) is 6.26 Å². The number of anilines is 1. The number of aromatic nitrogens is 3. The van der Waals surface area contributed by atoms with Crippen LogP contribution < -0.4 is 5.32 Å². The number of hydrogen-bond acceptors (Lipinski definition) is 4. The van der Waals surface area contributed by atoms with Gasteiger partial charge in [0.05, 0.1) is 12.7 Å². The number of rotatable bonds is 4. The third-order valence-electron chi connectivity index (χ3n) is 6.21. The standard InChI is InChI=1S/C25H26N4O2/c1-16-10-11-21-19(15-31-24(21)17(16)2)14-23(30)26-20-8-6-7-18(13-20)25-28-27-22-9-4-3-5-12-29(22)25/h6-8,10-11,13,15H,3-5,9,12,14H2,1-2H3,(H,26,30). The van der Waals surface area contributed by atoms with Crippen molar-refractivity contribution in [1.29, 1.82) is 0 Å². The van der Waals surface area contributed by atoms with Crippen LogP contribution in [0, 0.1) is 13.8 Å². The average Bonchev–Trinajstić information content (AvgIpc) is 3.28. The van der Waals surface area contributed by atoms with Crippen LogP contribution in [0.3, 0.4) is 0 Å². The molecule has 0 spiro atoms. The van der Waals surface area contributed by atoms with Crippen molar-refractivity contribution in [2.24, 2.45) is 0 Å². The maximum absolute atomic E-state index is 12.8. The fraction of sp³-hybridized carbons (Fsp3) is 0.320. The van der Waals surface area contributed by atoms with Crippen LogP contribution in [0.5, 0.6) is 0 Å². The van der Waals surface area contributed by atoms with Gasteiger partial charge >= 0.3 is 0 Å². The summed E-state index contributed by atoms with van der Waals surface area (Å²) in [5.41, 5.74) is 5.78. The van der Waals surface area contributed by atoms with Gasteiger partial charge in [0.1, 0.15) is 11.4 Å². The number of nitrogens with zero attached hydrogens (tertiary/aromatic N) is 3. The van der Waals surface area contributed by atoms with Crippen molar-refractivity contribution in [2.75, 3.05) is 5.32 Å². The van der Waals surface area contributed by atoms with E-state index < -0.39 is 0 Å². The van der Waals surface area contributed by atoms with Crippen molar-refractivity contribution in [3.63, 3.8) is 0 Å². The molecule has 0 bridgehead atoms. The number of hydrogen-bond donors (Lipinski definition) is 1. The number of amides is 1. The number of furan rings is 1. The molecule has 0 atom stereocenters. The molecule has 0 fully saturated rings. The summed E-state index contributed by atoms with van der Waals surface area (Å²) in [5, 5.41) is 12.8. The van der Waals surface area contributed by atoms with E-state index in [4.69, 9.17) is 4.42 Å². The number of nitrogens with one attached hydrogen (secondary N) is 1. The lowest BCUT2D eigenvalue weighted by atomic mass is 10.0. The van der Waals surface area contributed by atoms with Crippen LogP contribution in [-0.4, -0.2) is 20.7 Å². The Balaban J connectivity index is 1.35. The maximum atomic E-state index is 12.8. The number of carbonyl (C=O) groups excluding carboxylic acids is 1. The summed E-state index contributed by atoms with van der Waals surface area (Å²) in [6.07, 6.45) is 6.46. The Morgan fingerprint density at radius 3 is 2.94 bits per heavy atom. The highest BCUT2D eigenvalue weighted by Crippen LogP contribution is 2.28. The highest BCUT2D eigenvalue weighted by atomic mass is 16.3. The van der Waals surface area contributed by atoms with Crippen LogP contribution in [0.4, 0.5) is 5.69 Å². The molecule has 5 rings (SSSR count). The molecule has 1 aliphatic rings. The van der Waals surface area contributed by atoms with Gasteiger partial charge in [-0.2, -0.15) is 0 Å². The van der Waals surface area contributed by atoms with Gasteiger partial charge in [0.15, 0.2) is 5.82 Å². The largest absolute Gasteiger partial charge is 0.464 e.